The van der Waals surface area contributed by atoms with Crippen molar-refractivity contribution in [2.45, 2.75) is 58.6 Å². The molecule has 0 bridgehead atoms. The molecule has 0 spiro atoms. The molecule has 2 aliphatic heterocycles. The van der Waals surface area contributed by atoms with E-state index >= 15 is 0 Å². The molecule has 3 atom stereocenters. The van der Waals surface area contributed by atoms with Gasteiger partial charge in [-0.3, -0.25) is 14.5 Å². The number of amides is 2. The van der Waals surface area contributed by atoms with E-state index in [1.54, 1.807) is 37.3 Å². The molecule has 1 N–H and O–H groups in total. The number of carbonyl (C=O) groups is 2. The number of carbonyl (C=O) groups excluding carboxylic acids is 2. The Bertz CT molecular complexity index is 842. The quantitative estimate of drug-likeness (QED) is 0.657. The number of nitrogens with zero attached hydrogens (tertiary/aromatic N) is 2. The van der Waals surface area contributed by atoms with Crippen LogP contribution in [0.25, 0.3) is 0 Å². The minimum atomic E-state index is -0.145. The van der Waals surface area contributed by atoms with Crippen LogP contribution < -0.4 is 10.1 Å². The van der Waals surface area contributed by atoms with Gasteiger partial charge in [-0.05, 0) is 56.2 Å². The summed E-state index contributed by atoms with van der Waals surface area (Å²) in [6.07, 6.45) is 3.28. The Morgan fingerprint density at radius 2 is 1.94 bits per heavy atom. The van der Waals surface area contributed by atoms with E-state index < -0.39 is 0 Å². The van der Waals surface area contributed by atoms with Crippen molar-refractivity contribution in [3.63, 3.8) is 0 Å². The molecule has 0 aromatic heterocycles. The molecule has 2 amide bonds. The lowest BCUT2D eigenvalue weighted by Gasteiger charge is -2.38. The fourth-order valence-corrected chi connectivity index (χ4v) is 4.89. The SMILES string of the molecule is CCCC(=O)Nc1ccc2c(c1)C(=O)N(C)C[C@H](OC)[C@@H](C)CN(CC1CCOCC1)[C@@H](C)CO2. The Labute approximate surface area is 210 Å². The molecule has 1 aromatic carbocycles. The predicted molar refractivity (Wildman–Crippen MR) is 137 cm³/mol. The minimum Gasteiger partial charge on any atom is -0.491 e. The summed E-state index contributed by atoms with van der Waals surface area (Å²) in [7, 11) is 3.51. The van der Waals surface area contributed by atoms with Gasteiger partial charge in [0.15, 0.2) is 0 Å². The van der Waals surface area contributed by atoms with Gasteiger partial charge in [-0.15, -0.1) is 0 Å². The molecule has 3 rings (SSSR count). The van der Waals surface area contributed by atoms with Crippen LogP contribution in [0.2, 0.25) is 0 Å². The van der Waals surface area contributed by atoms with Crippen molar-refractivity contribution in [1.82, 2.24) is 9.80 Å². The van der Waals surface area contributed by atoms with Crippen molar-refractivity contribution < 1.29 is 23.8 Å². The molecule has 8 nitrogen and oxygen atoms in total. The summed E-state index contributed by atoms with van der Waals surface area (Å²) in [6.45, 7) is 10.8. The molecule has 0 radical (unpaired) electrons. The highest BCUT2D eigenvalue weighted by molar-refractivity contribution is 5.99. The number of ether oxygens (including phenoxy) is 3. The number of rotatable bonds is 6. The van der Waals surface area contributed by atoms with Gasteiger partial charge in [0.25, 0.3) is 5.91 Å². The smallest absolute Gasteiger partial charge is 0.257 e. The molecule has 35 heavy (non-hydrogen) atoms. The normalized spacial score (nSPS) is 25.2. The average molecular weight is 490 g/mol. The molecule has 8 heteroatoms. The van der Waals surface area contributed by atoms with E-state index in [0.29, 0.717) is 42.5 Å². The molecule has 2 aliphatic rings. The van der Waals surface area contributed by atoms with Crippen molar-refractivity contribution in [3.8, 4) is 5.75 Å². The average Bonchev–Trinajstić information content (AvgIpc) is 2.85. The standard InChI is InChI=1S/C27H43N3O5/c1-6-7-26(31)28-22-8-9-24-23(14-22)27(32)29(4)17-25(33-5)19(2)15-30(20(3)18-35-24)16-21-10-12-34-13-11-21/h8-9,14,19-21,25H,6-7,10-13,15-18H2,1-5H3,(H,28,31)/t19-,20-,25-/m0/s1. The van der Waals surface area contributed by atoms with Crippen molar-refractivity contribution >= 4 is 17.5 Å². The van der Waals surface area contributed by atoms with Gasteiger partial charge < -0.3 is 24.4 Å². The second-order valence-corrected chi connectivity index (χ2v) is 10.1. The van der Waals surface area contributed by atoms with Crippen LogP contribution in [0.5, 0.6) is 5.75 Å². The van der Waals surface area contributed by atoms with Gasteiger partial charge in [-0.2, -0.15) is 0 Å². The second kappa shape index (κ2) is 13.2. The molecule has 2 heterocycles. The zero-order valence-corrected chi connectivity index (χ0v) is 22.0. The Morgan fingerprint density at radius 1 is 1.20 bits per heavy atom. The molecular formula is C27H43N3O5. The van der Waals surface area contributed by atoms with Gasteiger partial charge in [0, 0.05) is 65.2 Å². The third-order valence-electron chi connectivity index (χ3n) is 7.17. The number of benzene rings is 1. The Balaban J connectivity index is 1.87. The van der Waals surface area contributed by atoms with Gasteiger partial charge in [0.2, 0.25) is 5.91 Å². The third kappa shape index (κ3) is 7.66. The zero-order valence-electron chi connectivity index (χ0n) is 22.0. The number of fused-ring (bicyclic) bond motifs is 1. The highest BCUT2D eigenvalue weighted by Crippen LogP contribution is 2.27. The fourth-order valence-electron chi connectivity index (χ4n) is 4.89. The number of likely N-dealkylation sites (N-methyl/N-ethyl adjacent to an activating group) is 1. The number of anilines is 1. The first-order valence-corrected chi connectivity index (χ1v) is 13.0. The van der Waals surface area contributed by atoms with E-state index in [0.717, 1.165) is 45.6 Å². The number of hydrogen-bond acceptors (Lipinski definition) is 6. The van der Waals surface area contributed by atoms with Crippen molar-refractivity contribution in [1.29, 1.82) is 0 Å². The molecule has 0 aliphatic carbocycles. The first-order valence-electron chi connectivity index (χ1n) is 13.0. The van der Waals surface area contributed by atoms with Gasteiger partial charge in [-0.1, -0.05) is 13.8 Å². The van der Waals surface area contributed by atoms with Crippen LogP contribution >= 0.6 is 0 Å². The number of nitrogens with one attached hydrogen (secondary N) is 1. The molecule has 1 fully saturated rings. The summed E-state index contributed by atoms with van der Waals surface area (Å²) >= 11 is 0. The maximum atomic E-state index is 13.4. The van der Waals surface area contributed by atoms with Gasteiger partial charge in [0.05, 0.1) is 11.7 Å². The molecule has 1 saturated heterocycles. The predicted octanol–water partition coefficient (Wildman–Crippen LogP) is 3.66. The minimum absolute atomic E-state index is 0.0621. The van der Waals surface area contributed by atoms with E-state index in [1.807, 2.05) is 6.92 Å². The summed E-state index contributed by atoms with van der Waals surface area (Å²) < 4.78 is 17.7. The topological polar surface area (TPSA) is 80.3 Å². The maximum absolute atomic E-state index is 13.4. The van der Waals surface area contributed by atoms with Gasteiger partial charge in [0.1, 0.15) is 12.4 Å². The van der Waals surface area contributed by atoms with E-state index in [4.69, 9.17) is 14.2 Å². The second-order valence-electron chi connectivity index (χ2n) is 10.1. The Morgan fingerprint density at radius 3 is 2.63 bits per heavy atom. The van der Waals surface area contributed by atoms with E-state index in [9.17, 15) is 9.59 Å². The molecule has 1 aromatic rings. The van der Waals surface area contributed by atoms with Crippen molar-refractivity contribution in [3.05, 3.63) is 23.8 Å². The summed E-state index contributed by atoms with van der Waals surface area (Å²) in [5.74, 6) is 1.17. The molecule has 196 valence electrons. The van der Waals surface area contributed by atoms with Crippen LogP contribution in [0.1, 0.15) is 56.8 Å². The Kier molecular flexibility index (Phi) is 10.4. The van der Waals surface area contributed by atoms with Crippen LogP contribution in [0.15, 0.2) is 18.2 Å². The third-order valence-corrected chi connectivity index (χ3v) is 7.17. The summed E-state index contributed by atoms with van der Waals surface area (Å²) in [4.78, 5) is 29.8. The van der Waals surface area contributed by atoms with Crippen molar-refractivity contribution in [2.24, 2.45) is 11.8 Å². The number of methoxy groups -OCH3 is 1. The molecule has 0 unspecified atom stereocenters. The summed E-state index contributed by atoms with van der Waals surface area (Å²) in [5, 5.41) is 2.89. The lowest BCUT2D eigenvalue weighted by atomic mass is 9.96. The van der Waals surface area contributed by atoms with E-state index in [2.05, 4.69) is 24.1 Å². The zero-order chi connectivity index (χ0) is 25.4. The van der Waals surface area contributed by atoms with Crippen molar-refractivity contribution in [2.75, 3.05) is 58.9 Å². The van der Waals surface area contributed by atoms with Crippen LogP contribution in [0.4, 0.5) is 5.69 Å². The van der Waals surface area contributed by atoms with Crippen LogP contribution in [-0.2, 0) is 14.3 Å². The first kappa shape index (κ1) is 27.4. The Hall–Kier alpha value is -2.16. The lowest BCUT2D eigenvalue weighted by Crippen LogP contribution is -2.48. The number of hydrogen-bond donors (Lipinski definition) is 1. The first-order chi connectivity index (χ1) is 16.8. The van der Waals surface area contributed by atoms with E-state index in [1.165, 1.54) is 0 Å². The summed E-state index contributed by atoms with van der Waals surface area (Å²) in [5.41, 5.74) is 1.05. The highest BCUT2D eigenvalue weighted by atomic mass is 16.5. The van der Waals surface area contributed by atoms with Gasteiger partial charge >= 0.3 is 0 Å². The fraction of sp³-hybridized carbons (Fsp3) is 0.704. The largest absolute Gasteiger partial charge is 0.491 e. The molecule has 0 saturated carbocycles. The van der Waals surface area contributed by atoms with Crippen LogP contribution in [0, 0.1) is 11.8 Å². The lowest BCUT2D eigenvalue weighted by molar-refractivity contribution is -0.116. The highest BCUT2D eigenvalue weighted by Gasteiger charge is 2.30. The summed E-state index contributed by atoms with van der Waals surface area (Å²) in [6, 6.07) is 5.49. The maximum Gasteiger partial charge on any atom is 0.257 e. The molecular weight excluding hydrogens is 446 g/mol. The van der Waals surface area contributed by atoms with Crippen LogP contribution in [0.3, 0.4) is 0 Å². The van der Waals surface area contributed by atoms with Crippen LogP contribution in [-0.4, -0.2) is 87.4 Å². The van der Waals surface area contributed by atoms with E-state index in [-0.39, 0.29) is 29.9 Å². The monoisotopic (exact) mass is 489 g/mol. The van der Waals surface area contributed by atoms with Gasteiger partial charge in [-0.25, -0.2) is 0 Å².